The molecule has 0 fully saturated rings. The third kappa shape index (κ3) is 85.2. The Balaban J connectivity index is 3.84. The minimum atomic E-state index is -4.39. The smallest absolute Gasteiger partial charge is 0.462 e. The maximum absolute atomic E-state index is 12.9. The largest absolute Gasteiger partial charge is 0.472 e. The Hall–Kier alpha value is -1.77. The highest BCUT2D eigenvalue weighted by atomic mass is 31.2. The van der Waals surface area contributed by atoms with Gasteiger partial charge in [-0.3, -0.25) is 18.6 Å². The Kier molecular flexibility index (Phi) is 79.9. The van der Waals surface area contributed by atoms with Gasteiger partial charge >= 0.3 is 19.8 Å². The van der Waals surface area contributed by atoms with Crippen molar-refractivity contribution in [1.82, 2.24) is 0 Å². The average Bonchev–Trinajstić information content (AvgIpc) is 1.07. The number of hydrogen-bond acceptors (Lipinski definition) is 7. The van der Waals surface area contributed by atoms with E-state index in [2.05, 4.69) is 50.3 Å². The summed E-state index contributed by atoms with van der Waals surface area (Å²) in [5.74, 6) is -0.767. The Morgan fingerprint density at radius 3 is 0.800 bits per heavy atom. The second-order valence-corrected chi connectivity index (χ2v) is 33.4. The van der Waals surface area contributed by atoms with Gasteiger partial charge in [0.05, 0.1) is 27.7 Å². The normalized spacial score (nSPS) is 13.1. The van der Waals surface area contributed by atoms with Gasteiger partial charge in [-0.1, -0.05) is 429 Å². The summed E-state index contributed by atoms with van der Waals surface area (Å²) in [7, 11) is 1.51. The molecule has 2 unspecified atom stereocenters. The first-order valence-electron chi connectivity index (χ1n) is 44.7. The van der Waals surface area contributed by atoms with E-state index in [1.54, 1.807) is 0 Å². The van der Waals surface area contributed by atoms with Gasteiger partial charge in [0.2, 0.25) is 0 Å². The van der Waals surface area contributed by atoms with Crippen LogP contribution in [0.1, 0.15) is 476 Å². The molecule has 0 heterocycles. The number of carbonyl (C=O) groups excluding carboxylic acids is 2. The molecule has 0 aliphatic heterocycles. The first-order valence-corrected chi connectivity index (χ1v) is 46.2. The molecular weight excluding hydrogens is 1250 g/mol. The number of unbranched alkanes of at least 4 members (excludes halogenated alkanes) is 65. The Bertz CT molecular complexity index is 1780. The maximum atomic E-state index is 12.9. The number of phosphoric ester groups is 1. The molecule has 100 heavy (non-hydrogen) atoms. The van der Waals surface area contributed by atoms with Crippen LogP contribution in [-0.4, -0.2) is 74.9 Å². The standard InChI is InChI=1S/C90H174NO8P/c1-6-8-10-12-14-16-18-20-22-24-26-28-30-32-34-36-38-40-42-44-45-47-49-51-53-55-57-59-61-63-65-67-69-71-73-75-77-79-81-83-90(93)99-88(87-98-100(94,95)97-85-84-91(3,4)5)86-96-89(92)82-80-78-76-74-72-70-68-66-64-62-60-58-56-54-52-50-48-46-43-41-39-37-35-33-31-29-27-25-23-21-19-17-15-13-11-9-7-2/h18,20,24-27,88H,6-17,19,21-23,28-87H2,1-5H3/p+1/b20-18-,26-24-,27-25-. The van der Waals surface area contributed by atoms with Crippen LogP contribution in [0.3, 0.4) is 0 Å². The molecule has 0 rings (SSSR count). The molecule has 2 atom stereocenters. The third-order valence-corrected chi connectivity index (χ3v) is 21.6. The summed E-state index contributed by atoms with van der Waals surface area (Å²) in [5.41, 5.74) is 0. The highest BCUT2D eigenvalue weighted by Gasteiger charge is 2.27. The van der Waals surface area contributed by atoms with Crippen molar-refractivity contribution in [1.29, 1.82) is 0 Å². The van der Waals surface area contributed by atoms with Gasteiger partial charge in [0, 0.05) is 12.8 Å². The number of nitrogens with zero attached hydrogens (tertiary/aromatic N) is 1. The van der Waals surface area contributed by atoms with Gasteiger partial charge in [0.25, 0.3) is 0 Å². The summed E-state index contributed by atoms with van der Waals surface area (Å²) in [5, 5.41) is 0. The van der Waals surface area contributed by atoms with Crippen LogP contribution in [-0.2, 0) is 32.7 Å². The number of likely N-dealkylation sites (N-methyl/N-ethyl adjacent to an activating group) is 1. The monoisotopic (exact) mass is 1430 g/mol. The summed E-state index contributed by atoms with van der Waals surface area (Å²) in [4.78, 5) is 36.1. The quantitative estimate of drug-likeness (QED) is 0.0211. The molecule has 0 aromatic heterocycles. The molecule has 1 N–H and O–H groups in total. The molecule has 0 spiro atoms. The van der Waals surface area contributed by atoms with Crippen LogP contribution in [0.25, 0.3) is 0 Å². The van der Waals surface area contributed by atoms with Crippen molar-refractivity contribution in [3.05, 3.63) is 36.5 Å². The molecule has 0 aliphatic carbocycles. The first-order chi connectivity index (χ1) is 49.0. The van der Waals surface area contributed by atoms with E-state index in [4.69, 9.17) is 18.5 Å². The lowest BCUT2D eigenvalue weighted by Gasteiger charge is -2.24. The predicted molar refractivity (Wildman–Crippen MR) is 437 cm³/mol. The van der Waals surface area contributed by atoms with Crippen molar-refractivity contribution in [3.8, 4) is 0 Å². The number of quaternary nitrogens is 1. The van der Waals surface area contributed by atoms with E-state index in [1.165, 1.54) is 405 Å². The van der Waals surface area contributed by atoms with Gasteiger partial charge in [0.15, 0.2) is 6.10 Å². The molecular formula is C90H175NO8P+. The van der Waals surface area contributed by atoms with Gasteiger partial charge in [-0.05, 0) is 70.6 Å². The molecule has 10 heteroatoms. The predicted octanol–water partition coefficient (Wildman–Crippen LogP) is 30.1. The number of ether oxygens (including phenoxy) is 2. The maximum Gasteiger partial charge on any atom is 0.472 e. The first kappa shape index (κ1) is 98.2. The van der Waals surface area contributed by atoms with E-state index in [9.17, 15) is 19.0 Å². The summed E-state index contributed by atoms with van der Waals surface area (Å²) in [6, 6.07) is 0. The van der Waals surface area contributed by atoms with E-state index in [0.29, 0.717) is 17.4 Å². The summed E-state index contributed by atoms with van der Waals surface area (Å²) >= 11 is 0. The van der Waals surface area contributed by atoms with E-state index in [-0.39, 0.29) is 25.6 Å². The number of carbonyl (C=O) groups is 2. The van der Waals surface area contributed by atoms with Gasteiger partial charge in [-0.2, -0.15) is 0 Å². The Morgan fingerprint density at radius 1 is 0.310 bits per heavy atom. The summed E-state index contributed by atoms with van der Waals surface area (Å²) in [6.07, 6.45) is 108. The molecule has 0 radical (unpaired) electrons. The van der Waals surface area contributed by atoms with Crippen molar-refractivity contribution in [2.24, 2.45) is 0 Å². The topological polar surface area (TPSA) is 108 Å². The summed E-state index contributed by atoms with van der Waals surface area (Å²) < 4.78 is 34.9. The van der Waals surface area contributed by atoms with Crippen LogP contribution in [0.5, 0.6) is 0 Å². The lowest BCUT2D eigenvalue weighted by Crippen LogP contribution is -2.37. The molecule has 0 aromatic rings. The molecule has 0 saturated heterocycles. The Morgan fingerprint density at radius 2 is 0.540 bits per heavy atom. The zero-order valence-corrected chi connectivity index (χ0v) is 68.9. The molecule has 0 saturated carbocycles. The number of esters is 2. The fraction of sp³-hybridized carbons (Fsp3) is 0.911. The fourth-order valence-electron chi connectivity index (χ4n) is 13.8. The zero-order chi connectivity index (χ0) is 72.5. The average molecular weight is 1430 g/mol. The highest BCUT2D eigenvalue weighted by molar-refractivity contribution is 7.47. The molecule has 0 amide bonds. The van der Waals surface area contributed by atoms with Crippen LogP contribution >= 0.6 is 7.82 Å². The van der Waals surface area contributed by atoms with Crippen molar-refractivity contribution in [2.45, 2.75) is 482 Å². The minimum absolute atomic E-state index is 0.0360. The van der Waals surface area contributed by atoms with Gasteiger partial charge in [-0.15, -0.1) is 0 Å². The van der Waals surface area contributed by atoms with Gasteiger partial charge in [0.1, 0.15) is 19.8 Å². The van der Waals surface area contributed by atoms with Crippen LogP contribution in [0.15, 0.2) is 36.5 Å². The van der Waals surface area contributed by atoms with Crippen molar-refractivity contribution in [2.75, 3.05) is 47.5 Å². The molecule has 0 bridgehead atoms. The van der Waals surface area contributed by atoms with E-state index < -0.39 is 26.5 Å². The van der Waals surface area contributed by atoms with E-state index >= 15 is 0 Å². The zero-order valence-electron chi connectivity index (χ0n) is 68.0. The number of phosphoric acid groups is 1. The lowest BCUT2D eigenvalue weighted by molar-refractivity contribution is -0.870. The SMILES string of the molecule is CCCCCCC/C=C\C/C=C\CCCCCCCCCCCCCCCCCCCCCCCCCCCCCC(=O)OC(COC(=O)CCCCCCCCCCCCCCCCCCCCCCCCCCC/C=C\CCCCCCCCCC)COP(=O)(O)OCC[N+](C)(C)C. The van der Waals surface area contributed by atoms with Crippen LogP contribution < -0.4 is 0 Å². The van der Waals surface area contributed by atoms with Gasteiger partial charge < -0.3 is 18.9 Å². The second kappa shape index (κ2) is 81.3. The van der Waals surface area contributed by atoms with E-state index in [0.717, 1.165) is 44.9 Å². The lowest BCUT2D eigenvalue weighted by atomic mass is 10.0. The van der Waals surface area contributed by atoms with Crippen molar-refractivity contribution in [3.63, 3.8) is 0 Å². The van der Waals surface area contributed by atoms with Crippen LogP contribution in [0.2, 0.25) is 0 Å². The molecule has 592 valence electrons. The number of allylic oxidation sites excluding steroid dienone is 6. The number of hydrogen-bond donors (Lipinski definition) is 1. The van der Waals surface area contributed by atoms with E-state index in [1.807, 2.05) is 21.1 Å². The second-order valence-electron chi connectivity index (χ2n) is 32.0. The van der Waals surface area contributed by atoms with Crippen molar-refractivity contribution >= 4 is 19.8 Å². The summed E-state index contributed by atoms with van der Waals surface area (Å²) in [6.45, 7) is 4.52. The highest BCUT2D eigenvalue weighted by Crippen LogP contribution is 2.43. The van der Waals surface area contributed by atoms with Crippen LogP contribution in [0.4, 0.5) is 0 Å². The Labute approximate surface area is 624 Å². The molecule has 0 aromatic carbocycles. The molecule has 0 aliphatic rings. The van der Waals surface area contributed by atoms with Crippen LogP contribution in [0, 0.1) is 0 Å². The van der Waals surface area contributed by atoms with Crippen molar-refractivity contribution < 1.29 is 42.1 Å². The minimum Gasteiger partial charge on any atom is -0.462 e. The third-order valence-electron chi connectivity index (χ3n) is 20.6. The molecule has 9 nitrogen and oxygen atoms in total. The van der Waals surface area contributed by atoms with Gasteiger partial charge in [-0.25, -0.2) is 4.57 Å². The number of rotatable bonds is 85. The fourth-order valence-corrected chi connectivity index (χ4v) is 14.6.